The number of nitrogens with zero attached hydrogens (tertiary/aromatic N) is 4. The molecule has 2 N–H and O–H groups in total. The summed E-state index contributed by atoms with van der Waals surface area (Å²) >= 11 is 0. The van der Waals surface area contributed by atoms with E-state index in [1.54, 1.807) is 35.1 Å². The van der Waals surface area contributed by atoms with E-state index in [1.807, 2.05) is 27.7 Å². The van der Waals surface area contributed by atoms with E-state index >= 15 is 0 Å². The molecule has 0 unspecified atom stereocenters. The number of sulfonamides is 1. The molecule has 3 heterocycles. The van der Waals surface area contributed by atoms with Gasteiger partial charge in [0, 0.05) is 24.0 Å². The first-order valence-electron chi connectivity index (χ1n) is 9.93. The normalized spacial score (nSPS) is 16.7. The van der Waals surface area contributed by atoms with Crippen molar-refractivity contribution in [1.29, 1.82) is 5.26 Å². The van der Waals surface area contributed by atoms with Crippen molar-refractivity contribution in [3.63, 3.8) is 0 Å². The predicted molar refractivity (Wildman–Crippen MR) is 118 cm³/mol. The molecular weight excluding hydrogens is 416 g/mol. The van der Waals surface area contributed by atoms with Gasteiger partial charge in [0.15, 0.2) is 5.82 Å². The van der Waals surface area contributed by atoms with Gasteiger partial charge in [-0.15, -0.1) is 0 Å². The molecule has 9 nitrogen and oxygen atoms in total. The molecule has 162 valence electrons. The fourth-order valence-corrected chi connectivity index (χ4v) is 5.83. The number of hydrogen-bond acceptors (Lipinski definition) is 6. The Bertz CT molecular complexity index is 1370. The fraction of sp³-hybridized carbons (Fsp3) is 0.381. The molecule has 4 rings (SSSR count). The molecule has 0 amide bonds. The standard InChI is InChI=1S/C21H24N6O3S/c1-13(7-9-22)27-16-8-10-23-20(28)18(16)19(25-27)24-15-5-6-17-14(11-15)12-26(21(2,3)4)31(17,29)30/h5-6,8,10-11,13H,7,12H2,1-4H3,(H,23,28)(H,24,25)/t13-/m1/s1. The number of aromatic amines is 1. The number of rotatable bonds is 4. The average molecular weight is 441 g/mol. The van der Waals surface area contributed by atoms with Crippen molar-refractivity contribution in [3.8, 4) is 6.07 Å². The van der Waals surface area contributed by atoms with Gasteiger partial charge in [-0.05, 0) is 57.5 Å². The van der Waals surface area contributed by atoms with Crippen LogP contribution in [-0.4, -0.2) is 33.0 Å². The topological polar surface area (TPSA) is 124 Å². The first-order valence-corrected chi connectivity index (χ1v) is 11.4. The summed E-state index contributed by atoms with van der Waals surface area (Å²) in [6.45, 7) is 7.74. The number of nitriles is 1. The monoisotopic (exact) mass is 440 g/mol. The van der Waals surface area contributed by atoms with Gasteiger partial charge in [0.05, 0.1) is 28.9 Å². The van der Waals surface area contributed by atoms with Crippen LogP contribution < -0.4 is 10.9 Å². The maximum Gasteiger partial charge on any atom is 0.261 e. The van der Waals surface area contributed by atoms with Crippen LogP contribution in [-0.2, 0) is 16.6 Å². The molecule has 1 atom stereocenters. The first-order chi connectivity index (χ1) is 14.5. The lowest BCUT2D eigenvalue weighted by Gasteiger charge is -2.29. The summed E-state index contributed by atoms with van der Waals surface area (Å²) in [5, 5.41) is 17.1. The van der Waals surface area contributed by atoms with Gasteiger partial charge >= 0.3 is 0 Å². The molecule has 0 bridgehead atoms. The van der Waals surface area contributed by atoms with Gasteiger partial charge in [-0.2, -0.15) is 14.7 Å². The lowest BCUT2D eigenvalue weighted by Crippen LogP contribution is -2.41. The maximum atomic E-state index is 12.9. The number of H-pyrrole nitrogens is 1. The highest BCUT2D eigenvalue weighted by atomic mass is 32.2. The highest BCUT2D eigenvalue weighted by Crippen LogP contribution is 2.37. The molecule has 3 aromatic rings. The van der Waals surface area contributed by atoms with Crippen molar-refractivity contribution in [3.05, 3.63) is 46.4 Å². The highest BCUT2D eigenvalue weighted by molar-refractivity contribution is 7.89. The van der Waals surface area contributed by atoms with Crippen LogP contribution in [0.25, 0.3) is 10.9 Å². The molecule has 1 aromatic carbocycles. The number of pyridine rings is 1. The van der Waals surface area contributed by atoms with Crippen molar-refractivity contribution in [2.45, 2.75) is 57.1 Å². The summed E-state index contributed by atoms with van der Waals surface area (Å²) in [4.78, 5) is 15.5. The maximum absolute atomic E-state index is 12.9. The summed E-state index contributed by atoms with van der Waals surface area (Å²) in [6, 6.07) is 8.70. The summed E-state index contributed by atoms with van der Waals surface area (Å²) in [6.07, 6.45) is 1.80. The molecule has 2 aromatic heterocycles. The molecule has 1 aliphatic heterocycles. The summed E-state index contributed by atoms with van der Waals surface area (Å²) < 4.78 is 28.9. The van der Waals surface area contributed by atoms with E-state index in [0.29, 0.717) is 32.9 Å². The fourth-order valence-electron chi connectivity index (χ4n) is 3.87. The van der Waals surface area contributed by atoms with E-state index in [4.69, 9.17) is 5.26 Å². The minimum absolute atomic E-state index is 0.213. The quantitative estimate of drug-likeness (QED) is 0.642. The lowest BCUT2D eigenvalue weighted by atomic mass is 10.1. The lowest BCUT2D eigenvalue weighted by molar-refractivity contribution is 0.252. The molecule has 31 heavy (non-hydrogen) atoms. The first kappa shape index (κ1) is 21.1. The molecule has 0 aliphatic carbocycles. The minimum Gasteiger partial charge on any atom is -0.338 e. The SMILES string of the molecule is C[C@H](CC#N)n1nc(Nc2ccc3c(c2)CN(C(C)(C)C)S3(=O)=O)c2c(=O)[nH]ccc21. The van der Waals surface area contributed by atoms with Crippen LogP contribution in [0, 0.1) is 11.3 Å². The predicted octanol–water partition coefficient (Wildman–Crippen LogP) is 3.25. The van der Waals surface area contributed by atoms with Crippen molar-refractivity contribution in [2.24, 2.45) is 0 Å². The van der Waals surface area contributed by atoms with Crippen LogP contribution >= 0.6 is 0 Å². The highest BCUT2D eigenvalue weighted by Gasteiger charge is 2.41. The van der Waals surface area contributed by atoms with Crippen LogP contribution in [0.1, 0.15) is 45.7 Å². The smallest absolute Gasteiger partial charge is 0.261 e. The zero-order valence-electron chi connectivity index (χ0n) is 17.8. The van der Waals surface area contributed by atoms with Crippen LogP contribution in [0.4, 0.5) is 11.5 Å². The van der Waals surface area contributed by atoms with E-state index in [9.17, 15) is 13.2 Å². The Hall–Kier alpha value is -3.16. The molecular formula is C21H24N6O3S. The van der Waals surface area contributed by atoms with Crippen molar-refractivity contribution in [1.82, 2.24) is 19.1 Å². The van der Waals surface area contributed by atoms with Crippen molar-refractivity contribution in [2.75, 3.05) is 5.32 Å². The molecule has 0 saturated heterocycles. The Morgan fingerprint density at radius 1 is 1.32 bits per heavy atom. The zero-order valence-corrected chi connectivity index (χ0v) is 18.6. The Balaban J connectivity index is 1.76. The molecule has 0 saturated carbocycles. The molecule has 0 fully saturated rings. The van der Waals surface area contributed by atoms with Crippen molar-refractivity contribution >= 4 is 32.4 Å². The van der Waals surface area contributed by atoms with Crippen LogP contribution in [0.3, 0.4) is 0 Å². The number of hydrogen-bond donors (Lipinski definition) is 2. The second-order valence-electron chi connectivity index (χ2n) is 8.70. The van der Waals surface area contributed by atoms with Gasteiger partial charge in [0.1, 0.15) is 5.39 Å². The Morgan fingerprint density at radius 2 is 2.06 bits per heavy atom. The molecule has 1 aliphatic rings. The van der Waals surface area contributed by atoms with E-state index in [1.165, 1.54) is 4.31 Å². The van der Waals surface area contributed by atoms with E-state index < -0.39 is 15.6 Å². The Kier molecular flexibility index (Phi) is 4.91. The number of aromatic nitrogens is 3. The minimum atomic E-state index is -3.55. The number of fused-ring (bicyclic) bond motifs is 2. The van der Waals surface area contributed by atoms with Gasteiger partial charge < -0.3 is 10.3 Å². The van der Waals surface area contributed by atoms with Gasteiger partial charge in [-0.25, -0.2) is 8.42 Å². The van der Waals surface area contributed by atoms with Gasteiger partial charge in [0.2, 0.25) is 10.0 Å². The van der Waals surface area contributed by atoms with Crippen LogP contribution in [0.2, 0.25) is 0 Å². The van der Waals surface area contributed by atoms with E-state index in [-0.39, 0.29) is 24.6 Å². The largest absolute Gasteiger partial charge is 0.338 e. The van der Waals surface area contributed by atoms with Gasteiger partial charge in [0.25, 0.3) is 5.56 Å². The van der Waals surface area contributed by atoms with E-state index in [2.05, 4.69) is 21.5 Å². The second-order valence-corrected chi connectivity index (χ2v) is 10.5. The van der Waals surface area contributed by atoms with Crippen LogP contribution in [0.5, 0.6) is 0 Å². The summed E-state index contributed by atoms with van der Waals surface area (Å²) in [5.74, 6) is 0.357. The molecule has 10 heteroatoms. The van der Waals surface area contributed by atoms with Gasteiger partial charge in [-0.3, -0.25) is 9.48 Å². The third-order valence-electron chi connectivity index (χ3n) is 5.39. The molecule has 0 spiro atoms. The molecule has 0 radical (unpaired) electrons. The third kappa shape index (κ3) is 3.49. The summed E-state index contributed by atoms with van der Waals surface area (Å²) in [7, 11) is -3.55. The Labute approximate surface area is 180 Å². The van der Waals surface area contributed by atoms with Gasteiger partial charge in [-0.1, -0.05) is 0 Å². The second kappa shape index (κ2) is 7.21. The number of nitrogens with one attached hydrogen (secondary N) is 2. The zero-order chi connectivity index (χ0) is 22.6. The van der Waals surface area contributed by atoms with E-state index in [0.717, 1.165) is 0 Å². The number of benzene rings is 1. The van der Waals surface area contributed by atoms with Crippen molar-refractivity contribution < 1.29 is 8.42 Å². The average Bonchev–Trinajstić information content (AvgIpc) is 3.18. The third-order valence-corrected chi connectivity index (χ3v) is 7.60. The summed E-state index contributed by atoms with van der Waals surface area (Å²) in [5.41, 5.74) is 1.11. The van der Waals surface area contributed by atoms with Crippen LogP contribution in [0.15, 0.2) is 40.2 Å². The Morgan fingerprint density at radius 3 is 2.74 bits per heavy atom. The number of anilines is 2.